The lowest BCUT2D eigenvalue weighted by Gasteiger charge is -2.26. The van der Waals surface area contributed by atoms with Crippen molar-refractivity contribution < 1.29 is 14.3 Å². The molecule has 0 radical (unpaired) electrons. The van der Waals surface area contributed by atoms with Gasteiger partial charge in [-0.05, 0) is 47.7 Å². The summed E-state index contributed by atoms with van der Waals surface area (Å²) in [7, 11) is 0. The normalized spacial score (nSPS) is 16.6. The van der Waals surface area contributed by atoms with Crippen LogP contribution in [-0.4, -0.2) is 39.3 Å². The molecule has 2 aromatic heterocycles. The van der Waals surface area contributed by atoms with Crippen molar-refractivity contribution >= 4 is 33.6 Å². The number of benzene rings is 2. The Morgan fingerprint density at radius 2 is 2.03 bits per heavy atom. The van der Waals surface area contributed by atoms with Gasteiger partial charge in [-0.2, -0.15) is 5.10 Å². The highest BCUT2D eigenvalue weighted by Crippen LogP contribution is 2.42. The molecule has 0 aliphatic carbocycles. The van der Waals surface area contributed by atoms with E-state index in [2.05, 4.69) is 35.0 Å². The number of fused-ring (bicyclic) bond motifs is 2. The van der Waals surface area contributed by atoms with E-state index in [0.29, 0.717) is 19.5 Å². The summed E-state index contributed by atoms with van der Waals surface area (Å²) >= 11 is 0. The van der Waals surface area contributed by atoms with E-state index in [1.54, 1.807) is 18.3 Å². The van der Waals surface area contributed by atoms with Crippen LogP contribution < -0.4 is 4.90 Å². The van der Waals surface area contributed by atoms with E-state index in [1.807, 2.05) is 6.07 Å². The van der Waals surface area contributed by atoms with Crippen LogP contribution in [-0.2, 0) is 4.79 Å². The monoisotopic (exact) mass is 418 g/mol. The van der Waals surface area contributed by atoms with E-state index in [9.17, 15) is 14.3 Å². The number of aromatic amines is 1. The maximum Gasteiger partial charge on any atom is 0.308 e. The quantitative estimate of drug-likeness (QED) is 0.490. The van der Waals surface area contributed by atoms with Crippen LogP contribution in [0.25, 0.3) is 32.9 Å². The highest BCUT2D eigenvalue weighted by molar-refractivity contribution is 6.05. The fourth-order valence-corrected chi connectivity index (χ4v) is 4.57. The molecule has 1 saturated heterocycles. The zero-order valence-corrected chi connectivity index (χ0v) is 17.4. The summed E-state index contributed by atoms with van der Waals surface area (Å²) in [5, 5.41) is 18.6. The van der Waals surface area contributed by atoms with Gasteiger partial charge in [-0.25, -0.2) is 9.37 Å². The van der Waals surface area contributed by atoms with E-state index < -0.39 is 11.9 Å². The minimum Gasteiger partial charge on any atom is -0.481 e. The Bertz CT molecular complexity index is 1300. The zero-order valence-electron chi connectivity index (χ0n) is 17.4. The molecular weight excluding hydrogens is 395 g/mol. The number of aromatic nitrogens is 3. The third kappa shape index (κ3) is 3.30. The van der Waals surface area contributed by atoms with Gasteiger partial charge < -0.3 is 10.0 Å². The predicted molar refractivity (Wildman–Crippen MR) is 119 cm³/mol. The van der Waals surface area contributed by atoms with Gasteiger partial charge in [0.05, 0.1) is 23.1 Å². The fourth-order valence-electron chi connectivity index (χ4n) is 4.57. The lowest BCUT2D eigenvalue weighted by atomic mass is 9.89. The van der Waals surface area contributed by atoms with E-state index in [-0.39, 0.29) is 11.7 Å². The standard InChI is InChI=1S/C24H23FN4O2/c1-13(2)21-22(14-3-5-17(25)6-4-14)18-9-16-11-26-28-19(16)10-20(18)27-23(21)29-8-7-15(12-29)24(30)31/h3-6,9-11,13,15H,7-8,12H2,1-2H3,(H,26,28)(H,30,31)/t15-/m0/s1. The summed E-state index contributed by atoms with van der Waals surface area (Å²) in [5.74, 6) is -0.510. The highest BCUT2D eigenvalue weighted by Gasteiger charge is 2.32. The van der Waals surface area contributed by atoms with Gasteiger partial charge in [0.1, 0.15) is 11.6 Å². The molecule has 158 valence electrons. The molecular formula is C24H23FN4O2. The molecule has 0 amide bonds. The molecule has 2 aromatic carbocycles. The van der Waals surface area contributed by atoms with Crippen LogP contribution in [0.4, 0.5) is 10.2 Å². The molecule has 1 atom stereocenters. The molecule has 5 rings (SSSR count). The minimum absolute atomic E-state index is 0.135. The number of nitrogens with zero attached hydrogens (tertiary/aromatic N) is 3. The molecule has 1 fully saturated rings. The smallest absolute Gasteiger partial charge is 0.308 e. The molecule has 7 heteroatoms. The van der Waals surface area contributed by atoms with Crippen LogP contribution in [0.15, 0.2) is 42.6 Å². The van der Waals surface area contributed by atoms with Crippen molar-refractivity contribution in [1.82, 2.24) is 15.2 Å². The summed E-state index contributed by atoms with van der Waals surface area (Å²) in [6, 6.07) is 10.6. The van der Waals surface area contributed by atoms with Crippen molar-refractivity contribution in [3.05, 3.63) is 54.0 Å². The van der Waals surface area contributed by atoms with Crippen molar-refractivity contribution in [2.24, 2.45) is 5.92 Å². The number of aliphatic carboxylic acids is 1. The van der Waals surface area contributed by atoms with E-state index in [4.69, 9.17) is 4.98 Å². The van der Waals surface area contributed by atoms with Gasteiger partial charge >= 0.3 is 5.97 Å². The van der Waals surface area contributed by atoms with Crippen LogP contribution in [0.2, 0.25) is 0 Å². The maximum absolute atomic E-state index is 13.7. The first-order valence-electron chi connectivity index (χ1n) is 10.5. The molecule has 4 aromatic rings. The van der Waals surface area contributed by atoms with E-state index in [1.165, 1.54) is 12.1 Å². The minimum atomic E-state index is -0.771. The first-order valence-corrected chi connectivity index (χ1v) is 10.5. The van der Waals surface area contributed by atoms with Gasteiger partial charge in [-0.15, -0.1) is 0 Å². The second kappa shape index (κ2) is 7.34. The van der Waals surface area contributed by atoms with Gasteiger partial charge in [0, 0.05) is 29.4 Å². The number of carbonyl (C=O) groups is 1. The largest absolute Gasteiger partial charge is 0.481 e. The molecule has 0 spiro atoms. The molecule has 0 bridgehead atoms. The van der Waals surface area contributed by atoms with Crippen molar-refractivity contribution in [3.8, 4) is 11.1 Å². The lowest BCUT2D eigenvalue weighted by Crippen LogP contribution is -2.25. The fraction of sp³-hybridized carbons (Fsp3) is 0.292. The zero-order chi connectivity index (χ0) is 21.7. The average Bonchev–Trinajstić information content (AvgIpc) is 3.40. The number of H-pyrrole nitrogens is 1. The second-order valence-corrected chi connectivity index (χ2v) is 8.48. The molecule has 3 heterocycles. The van der Waals surface area contributed by atoms with E-state index in [0.717, 1.165) is 44.3 Å². The van der Waals surface area contributed by atoms with Crippen molar-refractivity contribution in [2.75, 3.05) is 18.0 Å². The summed E-state index contributed by atoms with van der Waals surface area (Å²) in [5.41, 5.74) is 4.66. The van der Waals surface area contributed by atoms with Gasteiger partial charge in [0.2, 0.25) is 0 Å². The number of halogens is 1. The SMILES string of the molecule is CC(C)c1c(N2CC[C@H](C(=O)O)C2)nc2cc3[nH]ncc3cc2c1-c1ccc(F)cc1. The number of pyridine rings is 1. The topological polar surface area (TPSA) is 82.1 Å². The van der Waals surface area contributed by atoms with Gasteiger partial charge in [0.15, 0.2) is 0 Å². The van der Waals surface area contributed by atoms with Gasteiger partial charge in [-0.1, -0.05) is 26.0 Å². The number of carboxylic acid groups (broad SMARTS) is 1. The van der Waals surface area contributed by atoms with Crippen molar-refractivity contribution in [2.45, 2.75) is 26.2 Å². The Morgan fingerprint density at radius 3 is 2.71 bits per heavy atom. The maximum atomic E-state index is 13.7. The summed E-state index contributed by atoms with van der Waals surface area (Å²) < 4.78 is 13.7. The number of hydrogen-bond acceptors (Lipinski definition) is 4. The number of nitrogens with one attached hydrogen (secondary N) is 1. The van der Waals surface area contributed by atoms with Crippen LogP contribution in [0.3, 0.4) is 0 Å². The molecule has 2 N–H and O–H groups in total. The number of hydrogen-bond donors (Lipinski definition) is 2. The Kier molecular flexibility index (Phi) is 4.61. The molecule has 0 unspecified atom stereocenters. The van der Waals surface area contributed by atoms with Crippen LogP contribution in [0.5, 0.6) is 0 Å². The van der Waals surface area contributed by atoms with Crippen LogP contribution in [0.1, 0.15) is 31.7 Å². The first-order chi connectivity index (χ1) is 14.9. The van der Waals surface area contributed by atoms with E-state index >= 15 is 0 Å². The number of rotatable bonds is 4. The Morgan fingerprint density at radius 1 is 1.26 bits per heavy atom. The van der Waals surface area contributed by atoms with Crippen LogP contribution >= 0.6 is 0 Å². The average molecular weight is 418 g/mol. The second-order valence-electron chi connectivity index (χ2n) is 8.48. The third-order valence-electron chi connectivity index (χ3n) is 6.11. The third-order valence-corrected chi connectivity index (χ3v) is 6.11. The lowest BCUT2D eigenvalue weighted by molar-refractivity contribution is -0.140. The molecule has 1 aliphatic heterocycles. The predicted octanol–water partition coefficient (Wildman–Crippen LogP) is 4.95. The first kappa shape index (κ1) is 19.5. The Labute approximate surface area is 178 Å². The number of carboxylic acids is 1. The molecule has 1 aliphatic rings. The Balaban J connectivity index is 1.82. The van der Waals surface area contributed by atoms with Crippen molar-refractivity contribution in [1.29, 1.82) is 0 Å². The summed E-state index contributed by atoms with van der Waals surface area (Å²) in [6.07, 6.45) is 2.38. The highest BCUT2D eigenvalue weighted by atomic mass is 19.1. The Hall–Kier alpha value is -3.48. The molecule has 6 nitrogen and oxygen atoms in total. The number of anilines is 1. The van der Waals surface area contributed by atoms with Gasteiger partial charge in [-0.3, -0.25) is 9.89 Å². The van der Waals surface area contributed by atoms with Crippen molar-refractivity contribution in [3.63, 3.8) is 0 Å². The molecule has 31 heavy (non-hydrogen) atoms. The summed E-state index contributed by atoms with van der Waals surface area (Å²) in [4.78, 5) is 18.7. The van der Waals surface area contributed by atoms with Crippen LogP contribution in [0, 0.1) is 11.7 Å². The molecule has 0 saturated carbocycles. The van der Waals surface area contributed by atoms with Gasteiger partial charge in [0.25, 0.3) is 0 Å². The summed E-state index contributed by atoms with van der Waals surface area (Å²) in [6.45, 7) is 5.30.